The second kappa shape index (κ2) is 5.66. The molecule has 0 bridgehead atoms. The van der Waals surface area contributed by atoms with Crippen molar-refractivity contribution in [2.45, 2.75) is 0 Å². The summed E-state index contributed by atoms with van der Waals surface area (Å²) in [7, 11) is 0. The van der Waals surface area contributed by atoms with Gasteiger partial charge in [-0.1, -0.05) is 12.1 Å². The Morgan fingerprint density at radius 1 is 0.833 bits per heavy atom. The summed E-state index contributed by atoms with van der Waals surface area (Å²) in [6, 6.07) is 15.7. The monoisotopic (exact) mass is 317 g/mol. The molecule has 24 heavy (non-hydrogen) atoms. The summed E-state index contributed by atoms with van der Waals surface area (Å²) in [6.45, 7) is 0. The molecule has 0 saturated carbocycles. The predicted octanol–water partition coefficient (Wildman–Crippen LogP) is 3.48. The third-order valence-electron chi connectivity index (χ3n) is 3.70. The number of halogens is 1. The second-order valence-corrected chi connectivity index (χ2v) is 5.28. The van der Waals surface area contributed by atoms with E-state index >= 15 is 0 Å². The summed E-state index contributed by atoms with van der Waals surface area (Å²) in [5.74, 6) is -0.243. The first-order valence-electron chi connectivity index (χ1n) is 7.32. The molecule has 0 fully saturated rings. The van der Waals surface area contributed by atoms with Gasteiger partial charge >= 0.3 is 0 Å². The Labute approximate surface area is 137 Å². The molecule has 0 aliphatic rings. The molecule has 0 saturated heterocycles. The van der Waals surface area contributed by atoms with Gasteiger partial charge in [-0.25, -0.2) is 9.37 Å². The van der Waals surface area contributed by atoms with Crippen molar-refractivity contribution in [2.24, 2.45) is 0 Å². The van der Waals surface area contributed by atoms with Crippen molar-refractivity contribution in [3.63, 3.8) is 0 Å². The van der Waals surface area contributed by atoms with E-state index in [2.05, 4.69) is 20.2 Å². The van der Waals surface area contributed by atoms with Crippen LogP contribution < -0.4 is 5.73 Å². The highest BCUT2D eigenvalue weighted by Gasteiger charge is 2.13. The van der Waals surface area contributed by atoms with Crippen molar-refractivity contribution in [2.75, 3.05) is 5.73 Å². The topological polar surface area (TPSA) is 77.6 Å². The molecule has 2 aromatic heterocycles. The first-order chi connectivity index (χ1) is 11.7. The summed E-state index contributed by atoms with van der Waals surface area (Å²) >= 11 is 0. The highest BCUT2D eigenvalue weighted by molar-refractivity contribution is 5.87. The van der Waals surface area contributed by atoms with Gasteiger partial charge in [0.15, 0.2) is 0 Å². The number of nitrogens with zero attached hydrogens (tertiary/aromatic N) is 4. The Hall–Kier alpha value is -3.41. The SMILES string of the molecule is Nc1nnc(-c2ccc3ncccc3c2)c(-c2ccc(F)cc2)n1. The molecule has 0 unspecified atom stereocenters. The van der Waals surface area contributed by atoms with Gasteiger partial charge in [0.05, 0.1) is 5.52 Å². The van der Waals surface area contributed by atoms with Gasteiger partial charge in [-0.3, -0.25) is 4.98 Å². The number of anilines is 1. The van der Waals surface area contributed by atoms with Gasteiger partial charge in [0.1, 0.15) is 17.2 Å². The zero-order chi connectivity index (χ0) is 16.5. The van der Waals surface area contributed by atoms with Crippen LogP contribution in [0.2, 0.25) is 0 Å². The maximum Gasteiger partial charge on any atom is 0.240 e. The van der Waals surface area contributed by atoms with Crippen LogP contribution in [0.3, 0.4) is 0 Å². The molecule has 6 heteroatoms. The van der Waals surface area contributed by atoms with E-state index in [9.17, 15) is 4.39 Å². The molecule has 4 rings (SSSR count). The number of pyridine rings is 1. The van der Waals surface area contributed by atoms with Gasteiger partial charge in [0, 0.05) is 22.7 Å². The maximum atomic E-state index is 13.2. The van der Waals surface area contributed by atoms with Gasteiger partial charge in [0.2, 0.25) is 5.95 Å². The molecular formula is C18H12FN5. The van der Waals surface area contributed by atoms with E-state index in [1.54, 1.807) is 18.3 Å². The number of rotatable bonds is 2. The number of benzene rings is 2. The first kappa shape index (κ1) is 14.2. The van der Waals surface area contributed by atoms with E-state index < -0.39 is 0 Å². The third-order valence-corrected chi connectivity index (χ3v) is 3.70. The summed E-state index contributed by atoms with van der Waals surface area (Å²) in [5, 5.41) is 9.05. The molecule has 0 spiro atoms. The Kier molecular flexibility index (Phi) is 3.35. The van der Waals surface area contributed by atoms with Crippen LogP contribution in [0.5, 0.6) is 0 Å². The Balaban J connectivity index is 1.92. The molecule has 0 aliphatic heterocycles. The van der Waals surface area contributed by atoms with E-state index in [1.165, 1.54) is 12.1 Å². The van der Waals surface area contributed by atoms with Crippen LogP contribution in [0.15, 0.2) is 60.8 Å². The zero-order valence-electron chi connectivity index (χ0n) is 12.5. The van der Waals surface area contributed by atoms with Crippen molar-refractivity contribution in [1.82, 2.24) is 20.2 Å². The van der Waals surface area contributed by atoms with Crippen LogP contribution in [0.4, 0.5) is 10.3 Å². The average molecular weight is 317 g/mol. The second-order valence-electron chi connectivity index (χ2n) is 5.28. The smallest absolute Gasteiger partial charge is 0.240 e. The van der Waals surface area contributed by atoms with Crippen molar-refractivity contribution < 1.29 is 4.39 Å². The number of nitrogens with two attached hydrogens (primary N) is 1. The van der Waals surface area contributed by atoms with Crippen molar-refractivity contribution in [3.05, 3.63) is 66.6 Å². The lowest BCUT2D eigenvalue weighted by Gasteiger charge is -2.09. The van der Waals surface area contributed by atoms with Crippen LogP contribution in [-0.4, -0.2) is 20.2 Å². The fraction of sp³-hybridized carbons (Fsp3) is 0. The zero-order valence-corrected chi connectivity index (χ0v) is 12.5. The molecular weight excluding hydrogens is 305 g/mol. The van der Waals surface area contributed by atoms with Crippen LogP contribution in [0.1, 0.15) is 0 Å². The van der Waals surface area contributed by atoms with Crippen molar-refractivity contribution in [1.29, 1.82) is 0 Å². The van der Waals surface area contributed by atoms with Gasteiger partial charge in [-0.05, 0) is 42.5 Å². The number of fused-ring (bicyclic) bond motifs is 1. The fourth-order valence-corrected chi connectivity index (χ4v) is 2.56. The largest absolute Gasteiger partial charge is 0.366 e. The number of aromatic nitrogens is 4. The number of hydrogen-bond donors (Lipinski definition) is 1. The minimum Gasteiger partial charge on any atom is -0.366 e. The van der Waals surface area contributed by atoms with E-state index in [4.69, 9.17) is 5.73 Å². The van der Waals surface area contributed by atoms with Gasteiger partial charge in [-0.15, -0.1) is 10.2 Å². The lowest BCUT2D eigenvalue weighted by Crippen LogP contribution is -2.02. The summed E-state index contributed by atoms with van der Waals surface area (Å²) < 4.78 is 13.2. The van der Waals surface area contributed by atoms with Crippen LogP contribution in [0.25, 0.3) is 33.4 Å². The van der Waals surface area contributed by atoms with Gasteiger partial charge in [-0.2, -0.15) is 0 Å². The van der Waals surface area contributed by atoms with Crippen molar-refractivity contribution >= 4 is 16.9 Å². The van der Waals surface area contributed by atoms with E-state index in [0.29, 0.717) is 11.4 Å². The van der Waals surface area contributed by atoms with E-state index in [1.807, 2.05) is 30.3 Å². The maximum absolute atomic E-state index is 13.2. The van der Waals surface area contributed by atoms with Crippen LogP contribution in [0, 0.1) is 5.82 Å². The molecule has 2 aromatic carbocycles. The highest BCUT2D eigenvalue weighted by atomic mass is 19.1. The normalized spacial score (nSPS) is 10.9. The molecule has 2 heterocycles. The molecule has 5 nitrogen and oxygen atoms in total. The summed E-state index contributed by atoms with van der Waals surface area (Å²) in [6.07, 6.45) is 1.75. The Bertz CT molecular complexity index is 1030. The summed E-state index contributed by atoms with van der Waals surface area (Å²) in [5.41, 5.74) is 9.29. The van der Waals surface area contributed by atoms with Crippen LogP contribution >= 0.6 is 0 Å². The third kappa shape index (κ3) is 2.54. The minimum absolute atomic E-state index is 0.0699. The number of hydrogen-bond acceptors (Lipinski definition) is 5. The standard InChI is InChI=1S/C18H12FN5/c19-14-6-3-11(4-7-14)16-17(23-24-18(20)22-16)13-5-8-15-12(10-13)2-1-9-21-15/h1-10H,(H2,20,22,24). The Morgan fingerprint density at radius 2 is 1.62 bits per heavy atom. The summed E-state index contributed by atoms with van der Waals surface area (Å²) in [4.78, 5) is 8.60. The lowest BCUT2D eigenvalue weighted by atomic mass is 10.0. The van der Waals surface area contributed by atoms with Crippen LogP contribution in [-0.2, 0) is 0 Å². The first-order valence-corrected chi connectivity index (χ1v) is 7.32. The van der Waals surface area contributed by atoms with E-state index in [-0.39, 0.29) is 11.8 Å². The predicted molar refractivity (Wildman–Crippen MR) is 90.4 cm³/mol. The fourth-order valence-electron chi connectivity index (χ4n) is 2.56. The molecule has 4 aromatic rings. The number of nitrogen functional groups attached to an aromatic ring is 1. The van der Waals surface area contributed by atoms with Gasteiger partial charge in [0.25, 0.3) is 0 Å². The quantitative estimate of drug-likeness (QED) is 0.612. The highest BCUT2D eigenvalue weighted by Crippen LogP contribution is 2.30. The van der Waals surface area contributed by atoms with E-state index in [0.717, 1.165) is 22.0 Å². The molecule has 2 N–H and O–H groups in total. The molecule has 116 valence electrons. The lowest BCUT2D eigenvalue weighted by molar-refractivity contribution is 0.628. The molecule has 0 atom stereocenters. The Morgan fingerprint density at radius 3 is 2.46 bits per heavy atom. The molecule has 0 radical (unpaired) electrons. The molecule has 0 aliphatic carbocycles. The molecule has 0 amide bonds. The average Bonchev–Trinajstić information content (AvgIpc) is 2.62. The minimum atomic E-state index is -0.313. The van der Waals surface area contributed by atoms with Crippen molar-refractivity contribution in [3.8, 4) is 22.5 Å². The van der Waals surface area contributed by atoms with Gasteiger partial charge < -0.3 is 5.73 Å².